The van der Waals surface area contributed by atoms with Crippen molar-refractivity contribution in [1.82, 2.24) is 4.90 Å². The monoisotopic (exact) mass is 445 g/mol. The number of hydrogen-bond donors (Lipinski definition) is 2. The van der Waals surface area contributed by atoms with Crippen molar-refractivity contribution in [2.45, 2.75) is 39.5 Å². The first-order valence-electron chi connectivity index (χ1n) is 10.9. The Kier molecular flexibility index (Phi) is 13.2. The number of ether oxygens (including phenoxy) is 2. The molecular formula is C25H35NO6. The van der Waals surface area contributed by atoms with Crippen LogP contribution in [0.3, 0.4) is 0 Å². The highest BCUT2D eigenvalue weighted by Crippen LogP contribution is 2.25. The molecule has 176 valence electrons. The number of carboxylic acids is 2. The van der Waals surface area contributed by atoms with Crippen LogP contribution in [0.15, 0.2) is 48.5 Å². The molecule has 0 aliphatic carbocycles. The van der Waals surface area contributed by atoms with Crippen molar-refractivity contribution in [3.63, 3.8) is 0 Å². The highest BCUT2D eigenvalue weighted by Gasteiger charge is 2.09. The van der Waals surface area contributed by atoms with Crippen molar-refractivity contribution in [2.24, 2.45) is 0 Å². The summed E-state index contributed by atoms with van der Waals surface area (Å²) in [5, 5.41) is 14.8. The molecular weight excluding hydrogens is 410 g/mol. The molecule has 0 bridgehead atoms. The van der Waals surface area contributed by atoms with Crippen molar-refractivity contribution in [1.29, 1.82) is 0 Å². The number of carboxylic acid groups (broad SMARTS) is 2. The highest BCUT2D eigenvalue weighted by atomic mass is 16.5. The van der Waals surface area contributed by atoms with Gasteiger partial charge in [0.1, 0.15) is 11.5 Å². The first kappa shape index (κ1) is 27.0. The summed E-state index contributed by atoms with van der Waals surface area (Å²) in [5.41, 5.74) is 2.54. The first-order valence-corrected chi connectivity index (χ1v) is 10.9. The van der Waals surface area contributed by atoms with Crippen LogP contribution in [0.25, 0.3) is 0 Å². The lowest BCUT2D eigenvalue weighted by atomic mass is 10.1. The average Bonchev–Trinajstić information content (AvgIpc) is 2.79. The average molecular weight is 446 g/mol. The molecule has 0 spiro atoms. The largest absolute Gasteiger partial charge is 0.496 e. The number of methoxy groups -OCH3 is 1. The SMILES string of the molecule is CCCN(CCC)CCc1ccc(OCCc2ccccc2)cc1OC.O=C(O)C(=O)O. The lowest BCUT2D eigenvalue weighted by molar-refractivity contribution is -0.159. The van der Waals surface area contributed by atoms with Crippen LogP contribution in [0.4, 0.5) is 0 Å². The molecule has 2 N–H and O–H groups in total. The maximum atomic E-state index is 9.10. The van der Waals surface area contributed by atoms with E-state index in [1.165, 1.54) is 24.0 Å². The summed E-state index contributed by atoms with van der Waals surface area (Å²) < 4.78 is 11.5. The molecule has 0 aliphatic heterocycles. The second kappa shape index (κ2) is 15.7. The number of rotatable bonds is 12. The van der Waals surface area contributed by atoms with E-state index in [1.54, 1.807) is 7.11 Å². The van der Waals surface area contributed by atoms with Crippen molar-refractivity contribution in [2.75, 3.05) is 33.4 Å². The summed E-state index contributed by atoms with van der Waals surface area (Å²) in [7, 11) is 1.74. The minimum absolute atomic E-state index is 0.674. The Hall–Kier alpha value is -3.06. The van der Waals surface area contributed by atoms with E-state index < -0.39 is 11.9 Å². The second-order valence-electron chi connectivity index (χ2n) is 7.26. The van der Waals surface area contributed by atoms with E-state index in [1.807, 2.05) is 12.1 Å². The summed E-state index contributed by atoms with van der Waals surface area (Å²) >= 11 is 0. The van der Waals surface area contributed by atoms with E-state index in [0.29, 0.717) is 6.61 Å². The van der Waals surface area contributed by atoms with Crippen LogP contribution in [-0.4, -0.2) is 60.4 Å². The van der Waals surface area contributed by atoms with E-state index in [0.717, 1.165) is 44.0 Å². The molecule has 0 amide bonds. The summed E-state index contributed by atoms with van der Waals surface area (Å²) in [4.78, 5) is 20.7. The summed E-state index contributed by atoms with van der Waals surface area (Å²) in [5.74, 6) is -1.85. The van der Waals surface area contributed by atoms with Gasteiger partial charge in [-0.25, -0.2) is 9.59 Å². The summed E-state index contributed by atoms with van der Waals surface area (Å²) in [6.07, 6.45) is 4.32. The molecule has 2 aromatic carbocycles. The van der Waals surface area contributed by atoms with E-state index >= 15 is 0 Å². The van der Waals surface area contributed by atoms with Crippen molar-refractivity contribution in [3.8, 4) is 11.5 Å². The van der Waals surface area contributed by atoms with Gasteiger partial charge in [-0.05, 0) is 49.5 Å². The molecule has 0 saturated heterocycles. The predicted molar refractivity (Wildman–Crippen MR) is 125 cm³/mol. The maximum Gasteiger partial charge on any atom is 0.414 e. The van der Waals surface area contributed by atoms with E-state index in [4.69, 9.17) is 29.3 Å². The molecule has 0 fully saturated rings. The Bertz CT molecular complexity index is 791. The van der Waals surface area contributed by atoms with Crippen LogP contribution in [0.2, 0.25) is 0 Å². The van der Waals surface area contributed by atoms with Gasteiger partial charge >= 0.3 is 11.9 Å². The van der Waals surface area contributed by atoms with Crippen molar-refractivity contribution in [3.05, 3.63) is 59.7 Å². The molecule has 0 aliphatic rings. The van der Waals surface area contributed by atoms with E-state index in [9.17, 15) is 0 Å². The number of carbonyl (C=O) groups is 2. The van der Waals surface area contributed by atoms with Gasteiger partial charge in [-0.1, -0.05) is 50.2 Å². The van der Waals surface area contributed by atoms with Crippen molar-refractivity contribution < 1.29 is 29.3 Å². The van der Waals surface area contributed by atoms with Gasteiger partial charge in [-0.3, -0.25) is 0 Å². The van der Waals surface area contributed by atoms with Crippen LogP contribution in [-0.2, 0) is 22.4 Å². The van der Waals surface area contributed by atoms with Crippen LogP contribution >= 0.6 is 0 Å². The van der Waals surface area contributed by atoms with E-state index in [-0.39, 0.29) is 0 Å². The molecule has 32 heavy (non-hydrogen) atoms. The molecule has 0 atom stereocenters. The minimum atomic E-state index is -1.82. The van der Waals surface area contributed by atoms with Gasteiger partial charge in [0.05, 0.1) is 13.7 Å². The first-order chi connectivity index (χ1) is 15.4. The van der Waals surface area contributed by atoms with E-state index in [2.05, 4.69) is 55.1 Å². The molecule has 7 heteroatoms. The van der Waals surface area contributed by atoms with Gasteiger partial charge in [0.2, 0.25) is 0 Å². The van der Waals surface area contributed by atoms with Crippen LogP contribution in [0, 0.1) is 0 Å². The molecule has 0 unspecified atom stereocenters. The van der Waals surface area contributed by atoms with Gasteiger partial charge in [0.25, 0.3) is 0 Å². The van der Waals surface area contributed by atoms with Gasteiger partial charge in [0.15, 0.2) is 0 Å². The lowest BCUT2D eigenvalue weighted by Gasteiger charge is -2.21. The fourth-order valence-corrected chi connectivity index (χ4v) is 3.20. The zero-order valence-corrected chi connectivity index (χ0v) is 19.3. The Morgan fingerprint density at radius 2 is 1.50 bits per heavy atom. The Morgan fingerprint density at radius 3 is 2.03 bits per heavy atom. The fourth-order valence-electron chi connectivity index (χ4n) is 3.20. The third-order valence-electron chi connectivity index (χ3n) is 4.72. The quantitative estimate of drug-likeness (QED) is 0.474. The standard InChI is InChI=1S/C23H33NO2.C2H2O4/c1-4-15-24(16-5-2)17-13-21-11-12-22(19-23(21)25-3)26-18-14-20-9-7-6-8-10-20;3-1(4)2(5)6/h6-12,19H,4-5,13-18H2,1-3H3;(H,3,4)(H,5,6). The molecule has 0 saturated carbocycles. The second-order valence-corrected chi connectivity index (χ2v) is 7.26. The highest BCUT2D eigenvalue weighted by molar-refractivity contribution is 6.27. The van der Waals surface area contributed by atoms with Crippen LogP contribution in [0.1, 0.15) is 37.8 Å². The third kappa shape index (κ3) is 10.8. The number of aliphatic carboxylic acids is 2. The topological polar surface area (TPSA) is 96.3 Å². The molecule has 2 rings (SSSR count). The molecule has 0 radical (unpaired) electrons. The molecule has 0 heterocycles. The minimum Gasteiger partial charge on any atom is -0.496 e. The number of hydrogen-bond acceptors (Lipinski definition) is 5. The smallest absolute Gasteiger partial charge is 0.414 e. The fraction of sp³-hybridized carbons (Fsp3) is 0.440. The summed E-state index contributed by atoms with van der Waals surface area (Å²) in [6.45, 7) is 8.56. The molecule has 2 aromatic rings. The van der Waals surface area contributed by atoms with Gasteiger partial charge in [-0.2, -0.15) is 0 Å². The van der Waals surface area contributed by atoms with Gasteiger partial charge < -0.3 is 24.6 Å². The third-order valence-corrected chi connectivity index (χ3v) is 4.72. The predicted octanol–water partition coefficient (Wildman–Crippen LogP) is 4.14. The van der Waals surface area contributed by atoms with Gasteiger partial charge in [0, 0.05) is 19.0 Å². The Balaban J connectivity index is 0.000000751. The molecule has 0 aromatic heterocycles. The number of benzene rings is 2. The lowest BCUT2D eigenvalue weighted by Crippen LogP contribution is -2.27. The Labute approximate surface area is 190 Å². The van der Waals surface area contributed by atoms with Crippen LogP contribution in [0.5, 0.6) is 11.5 Å². The zero-order chi connectivity index (χ0) is 23.8. The normalized spacial score (nSPS) is 10.2. The van der Waals surface area contributed by atoms with Crippen LogP contribution < -0.4 is 9.47 Å². The molecule has 7 nitrogen and oxygen atoms in total. The number of nitrogens with zero attached hydrogens (tertiary/aromatic N) is 1. The zero-order valence-electron chi connectivity index (χ0n) is 19.3. The summed E-state index contributed by atoms with van der Waals surface area (Å²) in [6, 6.07) is 16.7. The van der Waals surface area contributed by atoms with Gasteiger partial charge in [-0.15, -0.1) is 0 Å². The maximum absolute atomic E-state index is 9.10. The Morgan fingerprint density at radius 1 is 0.875 bits per heavy atom. The van der Waals surface area contributed by atoms with Crippen molar-refractivity contribution >= 4 is 11.9 Å².